The first-order chi connectivity index (χ1) is 12.0. The van der Waals surface area contributed by atoms with Crippen molar-refractivity contribution in [2.45, 2.75) is 13.5 Å². The fraction of sp³-hybridized carbons (Fsp3) is 0.263. The molecule has 0 spiro atoms. The zero-order chi connectivity index (χ0) is 18.2. The summed E-state index contributed by atoms with van der Waals surface area (Å²) in [4.78, 5) is 26.0. The van der Waals surface area contributed by atoms with Crippen LogP contribution in [0.25, 0.3) is 0 Å². The summed E-state index contributed by atoms with van der Waals surface area (Å²) >= 11 is 6.21. The van der Waals surface area contributed by atoms with Crippen LogP contribution in [-0.4, -0.2) is 30.6 Å². The quantitative estimate of drug-likeness (QED) is 0.786. The third-order valence-corrected chi connectivity index (χ3v) is 4.10. The number of methoxy groups -OCH3 is 1. The minimum atomic E-state index is -0.450. The van der Waals surface area contributed by atoms with Gasteiger partial charge < -0.3 is 15.0 Å². The van der Waals surface area contributed by atoms with Crippen molar-refractivity contribution in [3.8, 4) is 0 Å². The van der Waals surface area contributed by atoms with E-state index < -0.39 is 5.92 Å². The first-order valence-corrected chi connectivity index (χ1v) is 8.31. The van der Waals surface area contributed by atoms with E-state index in [1.807, 2.05) is 36.4 Å². The molecule has 0 fully saturated rings. The van der Waals surface area contributed by atoms with E-state index in [-0.39, 0.29) is 18.5 Å². The Labute approximate surface area is 152 Å². The second-order valence-electron chi connectivity index (χ2n) is 5.69. The number of ether oxygens (including phenoxy) is 1. The third-order valence-electron chi connectivity index (χ3n) is 3.73. The van der Waals surface area contributed by atoms with Crippen molar-refractivity contribution in [1.29, 1.82) is 0 Å². The topological polar surface area (TPSA) is 58.6 Å². The fourth-order valence-corrected chi connectivity index (χ4v) is 2.58. The molecule has 1 N–H and O–H groups in total. The molecule has 6 heteroatoms. The van der Waals surface area contributed by atoms with Crippen LogP contribution >= 0.6 is 11.6 Å². The van der Waals surface area contributed by atoms with Gasteiger partial charge in [0.1, 0.15) is 0 Å². The Morgan fingerprint density at radius 1 is 1.12 bits per heavy atom. The minimum Gasteiger partial charge on any atom is -0.469 e. The van der Waals surface area contributed by atoms with Crippen molar-refractivity contribution < 1.29 is 14.3 Å². The van der Waals surface area contributed by atoms with E-state index in [0.29, 0.717) is 17.3 Å². The smallest absolute Gasteiger partial charge is 0.322 e. The molecule has 2 amide bonds. The monoisotopic (exact) mass is 360 g/mol. The average molecular weight is 361 g/mol. The molecule has 0 aliphatic rings. The van der Waals surface area contributed by atoms with E-state index in [9.17, 15) is 9.59 Å². The van der Waals surface area contributed by atoms with E-state index in [1.165, 1.54) is 7.11 Å². The lowest BCUT2D eigenvalue weighted by atomic mass is 10.1. The molecule has 0 saturated carbocycles. The standard InChI is InChI=1S/C19H21ClN2O3/c1-14(18(23)25-2)12-22(13-15-8-6-7-11-17(15)20)19(24)21-16-9-4-3-5-10-16/h3-11,14H,12-13H2,1-2H3,(H,21,24). The molecule has 1 atom stereocenters. The SMILES string of the molecule is COC(=O)C(C)CN(Cc1ccccc1Cl)C(=O)Nc1ccccc1. The second-order valence-corrected chi connectivity index (χ2v) is 6.10. The predicted molar refractivity (Wildman–Crippen MR) is 98.5 cm³/mol. The van der Waals surface area contributed by atoms with E-state index in [2.05, 4.69) is 5.32 Å². The Morgan fingerprint density at radius 2 is 1.76 bits per heavy atom. The van der Waals surface area contributed by atoms with Crippen LogP contribution in [0.1, 0.15) is 12.5 Å². The summed E-state index contributed by atoms with van der Waals surface area (Å²) in [5.41, 5.74) is 1.49. The summed E-state index contributed by atoms with van der Waals surface area (Å²) in [5.74, 6) is -0.814. The average Bonchev–Trinajstić information content (AvgIpc) is 2.62. The van der Waals surface area contributed by atoms with E-state index >= 15 is 0 Å². The van der Waals surface area contributed by atoms with Gasteiger partial charge in [0.15, 0.2) is 0 Å². The molecule has 1 unspecified atom stereocenters. The number of para-hydroxylation sites is 1. The van der Waals surface area contributed by atoms with Gasteiger partial charge in [0.25, 0.3) is 0 Å². The molecular formula is C19H21ClN2O3. The Morgan fingerprint density at radius 3 is 2.40 bits per heavy atom. The van der Waals surface area contributed by atoms with Gasteiger partial charge in [-0.05, 0) is 23.8 Å². The van der Waals surface area contributed by atoms with Crippen molar-refractivity contribution >= 4 is 29.3 Å². The third kappa shape index (κ3) is 5.50. The molecule has 2 aromatic rings. The molecule has 0 aromatic heterocycles. The Bertz CT molecular complexity index is 722. The lowest BCUT2D eigenvalue weighted by Crippen LogP contribution is -2.39. The Kier molecular flexibility index (Phi) is 6.83. The highest BCUT2D eigenvalue weighted by atomic mass is 35.5. The molecule has 0 saturated heterocycles. The van der Waals surface area contributed by atoms with Gasteiger partial charge in [0.05, 0.1) is 13.0 Å². The summed E-state index contributed by atoms with van der Waals surface area (Å²) in [7, 11) is 1.33. The molecule has 2 aromatic carbocycles. The normalized spacial score (nSPS) is 11.5. The maximum Gasteiger partial charge on any atom is 0.322 e. The lowest BCUT2D eigenvalue weighted by molar-refractivity contribution is -0.145. The molecule has 0 radical (unpaired) electrons. The number of nitrogens with one attached hydrogen (secondary N) is 1. The van der Waals surface area contributed by atoms with Gasteiger partial charge in [0.2, 0.25) is 0 Å². The van der Waals surface area contributed by atoms with Gasteiger partial charge in [-0.2, -0.15) is 0 Å². The van der Waals surface area contributed by atoms with Crippen LogP contribution in [-0.2, 0) is 16.1 Å². The molecule has 0 aliphatic carbocycles. The van der Waals surface area contributed by atoms with Crippen LogP contribution in [0, 0.1) is 5.92 Å². The molecule has 25 heavy (non-hydrogen) atoms. The van der Waals surface area contributed by atoms with Gasteiger partial charge in [-0.15, -0.1) is 0 Å². The van der Waals surface area contributed by atoms with Gasteiger partial charge >= 0.3 is 12.0 Å². The highest BCUT2D eigenvalue weighted by molar-refractivity contribution is 6.31. The van der Waals surface area contributed by atoms with Crippen molar-refractivity contribution in [3.05, 3.63) is 65.2 Å². The summed E-state index contributed by atoms with van der Waals surface area (Å²) in [5, 5.41) is 3.41. The number of halogens is 1. The van der Waals surface area contributed by atoms with Gasteiger partial charge in [-0.3, -0.25) is 4.79 Å². The summed E-state index contributed by atoms with van der Waals surface area (Å²) in [6.07, 6.45) is 0. The molecule has 132 valence electrons. The van der Waals surface area contributed by atoms with Gasteiger partial charge in [-0.1, -0.05) is 54.9 Å². The number of carbonyl (C=O) groups is 2. The number of anilines is 1. The number of rotatable bonds is 6. The molecule has 0 heterocycles. The van der Waals surface area contributed by atoms with Crippen molar-refractivity contribution in [3.63, 3.8) is 0 Å². The number of hydrogen-bond donors (Lipinski definition) is 1. The number of hydrogen-bond acceptors (Lipinski definition) is 3. The highest BCUT2D eigenvalue weighted by Gasteiger charge is 2.22. The van der Waals surface area contributed by atoms with Gasteiger partial charge in [0, 0.05) is 23.8 Å². The van der Waals surface area contributed by atoms with E-state index in [1.54, 1.807) is 30.0 Å². The van der Waals surface area contributed by atoms with Crippen LogP contribution in [0.15, 0.2) is 54.6 Å². The van der Waals surface area contributed by atoms with Crippen LogP contribution in [0.4, 0.5) is 10.5 Å². The number of carbonyl (C=O) groups excluding carboxylic acids is 2. The minimum absolute atomic E-state index is 0.219. The van der Waals surface area contributed by atoms with Crippen molar-refractivity contribution in [1.82, 2.24) is 4.90 Å². The number of esters is 1. The zero-order valence-corrected chi connectivity index (χ0v) is 15.0. The maximum absolute atomic E-state index is 12.7. The number of amides is 2. The number of urea groups is 1. The van der Waals surface area contributed by atoms with Crippen LogP contribution in [0.5, 0.6) is 0 Å². The lowest BCUT2D eigenvalue weighted by Gasteiger charge is -2.26. The van der Waals surface area contributed by atoms with Crippen LogP contribution < -0.4 is 5.32 Å². The van der Waals surface area contributed by atoms with E-state index in [0.717, 1.165) is 5.56 Å². The van der Waals surface area contributed by atoms with Crippen molar-refractivity contribution in [2.24, 2.45) is 5.92 Å². The Hall–Kier alpha value is -2.53. The second kappa shape index (κ2) is 9.08. The molecule has 0 bridgehead atoms. The summed E-state index contributed by atoms with van der Waals surface area (Å²) in [6.45, 7) is 2.23. The van der Waals surface area contributed by atoms with Crippen molar-refractivity contribution in [2.75, 3.05) is 19.0 Å². The van der Waals surface area contributed by atoms with Gasteiger partial charge in [-0.25, -0.2) is 4.79 Å². The molecule has 2 rings (SSSR count). The first-order valence-electron chi connectivity index (χ1n) is 7.93. The van der Waals surface area contributed by atoms with Crippen LogP contribution in [0.3, 0.4) is 0 Å². The highest BCUT2D eigenvalue weighted by Crippen LogP contribution is 2.19. The number of nitrogens with zero attached hydrogens (tertiary/aromatic N) is 1. The van der Waals surface area contributed by atoms with Crippen LogP contribution in [0.2, 0.25) is 5.02 Å². The number of benzene rings is 2. The molecule has 0 aliphatic heterocycles. The first kappa shape index (κ1) is 18.8. The summed E-state index contributed by atoms with van der Waals surface area (Å²) in [6, 6.07) is 16.2. The molecular weight excluding hydrogens is 340 g/mol. The maximum atomic E-state index is 12.7. The largest absolute Gasteiger partial charge is 0.469 e. The zero-order valence-electron chi connectivity index (χ0n) is 14.2. The fourth-order valence-electron chi connectivity index (χ4n) is 2.38. The summed E-state index contributed by atoms with van der Waals surface area (Å²) < 4.78 is 4.76. The Balaban J connectivity index is 2.17. The predicted octanol–water partition coefficient (Wildman–Crippen LogP) is 4.18. The van der Waals surface area contributed by atoms with E-state index in [4.69, 9.17) is 16.3 Å². The molecule has 5 nitrogen and oxygen atoms in total.